The number of rotatable bonds is 0. The van der Waals surface area contributed by atoms with Gasteiger partial charge in [-0.2, -0.15) is 0 Å². The highest BCUT2D eigenvalue weighted by Crippen LogP contribution is 2.34. The number of anilines is 2. The number of pyridine rings is 2. The number of nitrogen functional groups attached to an aromatic ring is 2. The van der Waals surface area contributed by atoms with Crippen molar-refractivity contribution < 1.29 is 0 Å². The van der Waals surface area contributed by atoms with E-state index in [-0.39, 0.29) is 0 Å². The first-order chi connectivity index (χ1) is 11.6. The lowest BCUT2D eigenvalue weighted by molar-refractivity contribution is 0.747. The maximum absolute atomic E-state index is 5.72. The molecule has 0 spiro atoms. The molecule has 0 bridgehead atoms. The molecule has 1 atom stereocenters. The predicted octanol–water partition coefficient (Wildman–Crippen LogP) is 4.19. The Morgan fingerprint density at radius 2 is 1.75 bits per heavy atom. The number of aromatic nitrogens is 3. The van der Waals surface area contributed by atoms with Gasteiger partial charge in [-0.05, 0) is 54.5 Å². The van der Waals surface area contributed by atoms with E-state index in [2.05, 4.69) is 27.9 Å². The Bertz CT molecular complexity index is 807. The van der Waals surface area contributed by atoms with Crippen LogP contribution in [0.5, 0.6) is 0 Å². The van der Waals surface area contributed by atoms with Gasteiger partial charge < -0.3 is 16.5 Å². The van der Waals surface area contributed by atoms with Crippen molar-refractivity contribution >= 4 is 22.5 Å². The summed E-state index contributed by atoms with van der Waals surface area (Å²) >= 11 is 0. The molecule has 5 N–H and O–H groups in total. The van der Waals surface area contributed by atoms with Crippen LogP contribution in [-0.4, -0.2) is 15.0 Å². The molecule has 0 saturated heterocycles. The standard InChI is InChI=1S/C9H12N2.C8H9N3.C2H6/c1-6-2-3-8-7(6)4-5-11-9(8)10;1-5-4-11-7-6(5)2-3-10-8(7)9;1-2/h4-6H,2-3H2,1H3,(H2,10,11);2-4,11H,1H3,(H2,9,10);1-2H3. The van der Waals surface area contributed by atoms with Crippen LogP contribution < -0.4 is 11.5 Å². The van der Waals surface area contributed by atoms with Gasteiger partial charge in [0.25, 0.3) is 0 Å². The second-order valence-electron chi connectivity index (χ2n) is 5.79. The van der Waals surface area contributed by atoms with E-state index in [1.807, 2.05) is 33.0 Å². The van der Waals surface area contributed by atoms with Crippen LogP contribution in [0, 0.1) is 6.92 Å². The van der Waals surface area contributed by atoms with Crippen LogP contribution in [0.15, 0.2) is 30.7 Å². The quantitative estimate of drug-likeness (QED) is 0.577. The Balaban J connectivity index is 0.000000158. The number of fused-ring (bicyclic) bond motifs is 2. The molecule has 0 saturated carbocycles. The minimum absolute atomic E-state index is 0.565. The summed E-state index contributed by atoms with van der Waals surface area (Å²) in [5, 5.41) is 1.15. The fourth-order valence-electron chi connectivity index (χ4n) is 2.99. The third kappa shape index (κ3) is 3.50. The van der Waals surface area contributed by atoms with E-state index >= 15 is 0 Å². The number of H-pyrrole nitrogens is 1. The number of nitrogens with zero attached hydrogens (tertiary/aromatic N) is 2. The molecule has 0 amide bonds. The van der Waals surface area contributed by atoms with E-state index in [1.165, 1.54) is 23.1 Å². The summed E-state index contributed by atoms with van der Waals surface area (Å²) < 4.78 is 0. The monoisotopic (exact) mass is 325 g/mol. The zero-order chi connectivity index (χ0) is 17.7. The zero-order valence-corrected chi connectivity index (χ0v) is 14.9. The van der Waals surface area contributed by atoms with Crippen LogP contribution in [0.4, 0.5) is 11.6 Å². The Morgan fingerprint density at radius 1 is 1.08 bits per heavy atom. The van der Waals surface area contributed by atoms with E-state index in [1.54, 1.807) is 12.4 Å². The molecule has 3 aromatic heterocycles. The topological polar surface area (TPSA) is 93.6 Å². The minimum Gasteiger partial charge on any atom is -0.383 e. The molecule has 1 unspecified atom stereocenters. The van der Waals surface area contributed by atoms with Gasteiger partial charge in [-0.1, -0.05) is 20.8 Å². The lowest BCUT2D eigenvalue weighted by Crippen LogP contribution is -1.96. The summed E-state index contributed by atoms with van der Waals surface area (Å²) in [6, 6.07) is 4.04. The van der Waals surface area contributed by atoms with Crippen molar-refractivity contribution in [2.75, 3.05) is 11.5 Å². The van der Waals surface area contributed by atoms with Gasteiger partial charge >= 0.3 is 0 Å². The van der Waals surface area contributed by atoms with Crippen molar-refractivity contribution in [1.29, 1.82) is 0 Å². The van der Waals surface area contributed by atoms with Crippen LogP contribution in [0.2, 0.25) is 0 Å². The maximum Gasteiger partial charge on any atom is 0.147 e. The molecule has 0 aliphatic heterocycles. The van der Waals surface area contributed by atoms with Gasteiger partial charge in [0.1, 0.15) is 11.6 Å². The predicted molar refractivity (Wildman–Crippen MR) is 102 cm³/mol. The largest absolute Gasteiger partial charge is 0.383 e. The normalized spacial score (nSPS) is 15.1. The Hall–Kier alpha value is -2.56. The van der Waals surface area contributed by atoms with E-state index < -0.39 is 0 Å². The highest BCUT2D eigenvalue weighted by molar-refractivity contribution is 5.90. The lowest BCUT2D eigenvalue weighted by Gasteiger charge is -2.03. The maximum atomic E-state index is 5.72. The fourth-order valence-corrected chi connectivity index (χ4v) is 2.99. The molecule has 3 aromatic rings. The van der Waals surface area contributed by atoms with Crippen molar-refractivity contribution in [2.24, 2.45) is 0 Å². The summed E-state index contributed by atoms with van der Waals surface area (Å²) in [6.45, 7) is 8.28. The highest BCUT2D eigenvalue weighted by Gasteiger charge is 2.20. The summed E-state index contributed by atoms with van der Waals surface area (Å²) in [5.74, 6) is 1.97. The first kappa shape index (κ1) is 17.8. The van der Waals surface area contributed by atoms with Crippen LogP contribution in [0.3, 0.4) is 0 Å². The van der Waals surface area contributed by atoms with Gasteiger partial charge in [0.15, 0.2) is 0 Å². The molecular weight excluding hydrogens is 298 g/mol. The Morgan fingerprint density at radius 3 is 2.42 bits per heavy atom. The van der Waals surface area contributed by atoms with Gasteiger partial charge in [0, 0.05) is 24.0 Å². The molecule has 24 heavy (non-hydrogen) atoms. The van der Waals surface area contributed by atoms with Gasteiger partial charge in [0.2, 0.25) is 0 Å². The molecule has 1 aliphatic rings. The molecule has 4 rings (SSSR count). The van der Waals surface area contributed by atoms with E-state index in [9.17, 15) is 0 Å². The summed E-state index contributed by atoms with van der Waals surface area (Å²) in [7, 11) is 0. The van der Waals surface area contributed by atoms with Crippen molar-refractivity contribution in [2.45, 2.75) is 46.5 Å². The Kier molecular flexibility index (Phi) is 5.79. The fraction of sp³-hybridized carbons (Fsp3) is 0.368. The van der Waals surface area contributed by atoms with E-state index in [0.29, 0.717) is 11.7 Å². The van der Waals surface area contributed by atoms with Gasteiger partial charge in [-0.15, -0.1) is 0 Å². The van der Waals surface area contributed by atoms with Crippen molar-refractivity contribution in [1.82, 2.24) is 15.0 Å². The second kappa shape index (κ2) is 7.81. The van der Waals surface area contributed by atoms with Crippen LogP contribution in [-0.2, 0) is 6.42 Å². The average molecular weight is 325 g/mol. The first-order valence-corrected chi connectivity index (χ1v) is 8.49. The summed E-state index contributed by atoms with van der Waals surface area (Å²) in [5.41, 5.74) is 16.2. The smallest absolute Gasteiger partial charge is 0.147 e. The average Bonchev–Trinajstić information content (AvgIpc) is 3.16. The summed E-state index contributed by atoms with van der Waals surface area (Å²) in [4.78, 5) is 11.1. The van der Waals surface area contributed by atoms with Crippen molar-refractivity contribution in [3.63, 3.8) is 0 Å². The second-order valence-corrected chi connectivity index (χ2v) is 5.79. The van der Waals surface area contributed by atoms with Gasteiger partial charge in [0.05, 0.1) is 5.52 Å². The molecular formula is C19H27N5. The van der Waals surface area contributed by atoms with E-state index in [0.717, 1.165) is 23.1 Å². The number of hydrogen-bond acceptors (Lipinski definition) is 4. The van der Waals surface area contributed by atoms with Gasteiger partial charge in [-0.25, -0.2) is 9.97 Å². The summed E-state index contributed by atoms with van der Waals surface area (Å²) in [6.07, 6.45) is 7.79. The van der Waals surface area contributed by atoms with Crippen LogP contribution >= 0.6 is 0 Å². The molecule has 3 heterocycles. The van der Waals surface area contributed by atoms with Crippen molar-refractivity contribution in [3.05, 3.63) is 47.4 Å². The molecule has 5 heteroatoms. The molecule has 5 nitrogen and oxygen atoms in total. The lowest BCUT2D eigenvalue weighted by atomic mass is 10.1. The number of aryl methyl sites for hydroxylation is 1. The third-order valence-corrected chi connectivity index (χ3v) is 4.32. The minimum atomic E-state index is 0.565. The molecule has 1 aliphatic carbocycles. The third-order valence-electron chi connectivity index (χ3n) is 4.32. The zero-order valence-electron chi connectivity index (χ0n) is 14.9. The van der Waals surface area contributed by atoms with Crippen LogP contribution in [0.1, 0.15) is 49.8 Å². The number of nitrogens with two attached hydrogens (primary N) is 2. The number of hydrogen-bond donors (Lipinski definition) is 3. The number of nitrogens with one attached hydrogen (secondary N) is 1. The van der Waals surface area contributed by atoms with Crippen molar-refractivity contribution in [3.8, 4) is 0 Å². The highest BCUT2D eigenvalue weighted by atomic mass is 14.9. The Labute approximate surface area is 143 Å². The molecule has 0 fully saturated rings. The molecule has 0 radical (unpaired) electrons. The van der Waals surface area contributed by atoms with Gasteiger partial charge in [-0.3, -0.25) is 0 Å². The molecule has 128 valence electrons. The molecule has 0 aromatic carbocycles. The number of aromatic amines is 1. The van der Waals surface area contributed by atoms with Crippen LogP contribution in [0.25, 0.3) is 10.9 Å². The van der Waals surface area contributed by atoms with E-state index in [4.69, 9.17) is 11.5 Å². The first-order valence-electron chi connectivity index (χ1n) is 8.49. The SMILES string of the molecule is CC.CC1CCc2c1ccnc2N.Cc1c[nH]c2c(N)nccc12.